The monoisotopic (exact) mass is 531 g/mol. The number of hydrogen-bond donors (Lipinski definition) is 1. The first-order valence-corrected chi connectivity index (χ1v) is 12.0. The highest BCUT2D eigenvalue weighted by Crippen LogP contribution is 2.38. The van der Waals surface area contributed by atoms with Crippen LogP contribution < -0.4 is 4.74 Å². The normalized spacial score (nSPS) is 16.7. The predicted molar refractivity (Wildman–Crippen MR) is 133 cm³/mol. The maximum Gasteiger partial charge on any atom is 0.416 e. The average Bonchev–Trinajstić information content (AvgIpc) is 3.15. The van der Waals surface area contributed by atoms with Gasteiger partial charge in [0.2, 0.25) is 0 Å². The Morgan fingerprint density at radius 3 is 2.49 bits per heavy atom. The van der Waals surface area contributed by atoms with E-state index in [9.17, 15) is 22.8 Å². The number of nitrogens with zero attached hydrogens (tertiary/aromatic N) is 1. The predicted octanol–water partition coefficient (Wildman–Crippen LogP) is 6.41. The molecule has 0 spiro atoms. The number of rotatable bonds is 8. The Hall–Kier alpha value is -3.52. The van der Waals surface area contributed by atoms with Crippen molar-refractivity contribution in [3.63, 3.8) is 0 Å². The highest BCUT2D eigenvalue weighted by atomic mass is 35.5. The largest absolute Gasteiger partial charge is 0.487 e. The van der Waals surface area contributed by atoms with Crippen molar-refractivity contribution in [2.24, 2.45) is 0 Å². The number of carbonyl (C=O) groups is 2. The van der Waals surface area contributed by atoms with Crippen molar-refractivity contribution in [3.05, 3.63) is 99.6 Å². The van der Waals surface area contributed by atoms with Gasteiger partial charge >= 0.3 is 12.1 Å². The number of halogens is 4. The second-order valence-electron chi connectivity index (χ2n) is 9.43. The molecule has 1 N–H and O–H groups in total. The molecule has 3 aromatic rings. The van der Waals surface area contributed by atoms with Crippen LogP contribution in [-0.4, -0.2) is 34.0 Å². The summed E-state index contributed by atoms with van der Waals surface area (Å²) in [4.78, 5) is 25.8. The molecule has 3 aromatic carbocycles. The van der Waals surface area contributed by atoms with Gasteiger partial charge in [0.25, 0.3) is 5.91 Å². The van der Waals surface area contributed by atoms with Crippen molar-refractivity contribution < 1.29 is 32.6 Å². The van der Waals surface area contributed by atoms with Crippen molar-refractivity contribution in [2.45, 2.75) is 44.5 Å². The first kappa shape index (κ1) is 26.5. The summed E-state index contributed by atoms with van der Waals surface area (Å²) in [5.74, 6) is -0.929. The summed E-state index contributed by atoms with van der Waals surface area (Å²) in [5.41, 5.74) is 1.03. The number of ether oxygens (including phenoxy) is 1. The van der Waals surface area contributed by atoms with E-state index < -0.39 is 29.2 Å². The molecule has 0 unspecified atom stereocenters. The Balaban J connectivity index is 1.54. The third kappa shape index (κ3) is 6.63. The Morgan fingerprint density at radius 1 is 1.05 bits per heavy atom. The second kappa shape index (κ2) is 10.5. The van der Waals surface area contributed by atoms with Crippen LogP contribution in [0.25, 0.3) is 0 Å². The van der Waals surface area contributed by atoms with Crippen LogP contribution in [0.1, 0.15) is 46.0 Å². The van der Waals surface area contributed by atoms with Crippen LogP contribution in [0.5, 0.6) is 5.75 Å². The van der Waals surface area contributed by atoms with Gasteiger partial charge in [0.15, 0.2) is 0 Å². The number of fused-ring (bicyclic) bond motifs is 1. The molecule has 0 bridgehead atoms. The van der Waals surface area contributed by atoms with Crippen molar-refractivity contribution >= 4 is 23.5 Å². The molecule has 1 aliphatic heterocycles. The minimum atomic E-state index is -4.52. The number of carboxylic acids is 1. The Kier molecular flexibility index (Phi) is 7.50. The highest BCUT2D eigenvalue weighted by molar-refractivity contribution is 6.30. The Morgan fingerprint density at radius 2 is 1.78 bits per heavy atom. The molecule has 1 heterocycles. The van der Waals surface area contributed by atoms with Gasteiger partial charge in [-0.15, -0.1) is 0 Å². The number of alkyl halides is 3. The van der Waals surface area contributed by atoms with Crippen molar-refractivity contribution in [2.75, 3.05) is 6.54 Å². The van der Waals surface area contributed by atoms with Crippen LogP contribution >= 0.6 is 11.6 Å². The molecule has 1 atom stereocenters. The van der Waals surface area contributed by atoms with E-state index in [0.717, 1.165) is 23.3 Å². The smallest absolute Gasteiger partial charge is 0.416 e. The lowest BCUT2D eigenvalue weighted by Gasteiger charge is -2.24. The summed E-state index contributed by atoms with van der Waals surface area (Å²) in [6.07, 6.45) is -3.72. The van der Waals surface area contributed by atoms with Crippen LogP contribution in [0.3, 0.4) is 0 Å². The molecule has 0 radical (unpaired) electrons. The summed E-state index contributed by atoms with van der Waals surface area (Å²) in [7, 11) is 0. The molecular formula is C28H25ClF3NO4. The number of carbonyl (C=O) groups excluding carboxylic acids is 1. The minimum absolute atomic E-state index is 0.148. The Labute approximate surface area is 217 Å². The SMILES string of the molecule is C[C@@]1(Cc2cccc(Cl)c2)Cc2cc(C(=O)N(CCC(=O)O)Cc3cccc(C(F)(F)F)c3)ccc2O1. The number of benzene rings is 3. The molecule has 194 valence electrons. The van der Waals surface area contributed by atoms with Crippen LogP contribution in [-0.2, 0) is 30.4 Å². The maximum absolute atomic E-state index is 13.4. The van der Waals surface area contributed by atoms with Gasteiger partial charge in [0, 0.05) is 36.5 Å². The highest BCUT2D eigenvalue weighted by Gasteiger charge is 2.36. The lowest BCUT2D eigenvalue weighted by molar-refractivity contribution is -0.138. The fourth-order valence-electron chi connectivity index (χ4n) is 4.56. The topological polar surface area (TPSA) is 66.8 Å². The van der Waals surface area contributed by atoms with Crippen LogP contribution in [0.15, 0.2) is 66.7 Å². The van der Waals surface area contributed by atoms with E-state index in [0.29, 0.717) is 29.2 Å². The summed E-state index contributed by atoms with van der Waals surface area (Å²) < 4.78 is 45.7. The molecule has 0 saturated carbocycles. The molecule has 1 aliphatic rings. The molecular weight excluding hydrogens is 507 g/mol. The number of amides is 1. The van der Waals surface area contributed by atoms with E-state index in [4.69, 9.17) is 21.4 Å². The van der Waals surface area contributed by atoms with Gasteiger partial charge < -0.3 is 14.7 Å². The molecule has 5 nitrogen and oxygen atoms in total. The number of aliphatic carboxylic acids is 1. The van der Waals surface area contributed by atoms with E-state index in [2.05, 4.69) is 0 Å². The summed E-state index contributed by atoms with van der Waals surface area (Å²) in [6, 6.07) is 17.2. The standard InChI is InChI=1S/C28H25ClF3NO4/c1-27(15-18-4-3-7-23(29)13-18)16-21-14-20(8-9-24(21)37-27)26(36)33(11-10-25(34)35)17-19-5-2-6-22(12-19)28(30,31)32/h2-9,12-14H,10-11,15-17H2,1H3,(H,34,35)/t27-/m1/s1. The van der Waals surface area contributed by atoms with Crippen LogP contribution in [0.2, 0.25) is 5.02 Å². The van der Waals surface area contributed by atoms with Gasteiger partial charge in [-0.25, -0.2) is 0 Å². The lowest BCUT2D eigenvalue weighted by atomic mass is 9.91. The molecule has 0 aliphatic carbocycles. The third-order valence-electron chi connectivity index (χ3n) is 6.21. The molecule has 37 heavy (non-hydrogen) atoms. The zero-order chi connectivity index (χ0) is 26.8. The first-order valence-electron chi connectivity index (χ1n) is 11.7. The van der Waals surface area contributed by atoms with Gasteiger partial charge in [0.1, 0.15) is 11.4 Å². The van der Waals surface area contributed by atoms with Crippen molar-refractivity contribution in [1.82, 2.24) is 4.90 Å². The van der Waals surface area contributed by atoms with E-state index in [1.165, 1.54) is 17.0 Å². The van der Waals surface area contributed by atoms with Gasteiger partial charge in [-0.05, 0) is 66.1 Å². The first-order chi connectivity index (χ1) is 17.4. The lowest BCUT2D eigenvalue weighted by Crippen LogP contribution is -2.33. The Bertz CT molecular complexity index is 1330. The third-order valence-corrected chi connectivity index (χ3v) is 6.44. The van der Waals surface area contributed by atoms with E-state index in [1.807, 2.05) is 25.1 Å². The molecule has 1 amide bonds. The minimum Gasteiger partial charge on any atom is -0.487 e. The second-order valence-corrected chi connectivity index (χ2v) is 9.86. The summed E-state index contributed by atoms with van der Waals surface area (Å²) in [5, 5.41) is 9.77. The van der Waals surface area contributed by atoms with Crippen LogP contribution in [0.4, 0.5) is 13.2 Å². The molecule has 0 aromatic heterocycles. The molecule has 0 saturated heterocycles. The fraction of sp³-hybridized carbons (Fsp3) is 0.286. The number of carboxylic acid groups (broad SMARTS) is 1. The van der Waals surface area contributed by atoms with E-state index in [1.54, 1.807) is 24.3 Å². The van der Waals surface area contributed by atoms with E-state index in [-0.39, 0.29) is 25.1 Å². The van der Waals surface area contributed by atoms with Crippen molar-refractivity contribution in [1.29, 1.82) is 0 Å². The average molecular weight is 532 g/mol. The molecule has 4 rings (SSSR count). The fourth-order valence-corrected chi connectivity index (χ4v) is 4.78. The number of hydrogen-bond acceptors (Lipinski definition) is 3. The van der Waals surface area contributed by atoms with Crippen LogP contribution in [0, 0.1) is 0 Å². The van der Waals surface area contributed by atoms with Gasteiger partial charge in [0.05, 0.1) is 12.0 Å². The zero-order valence-electron chi connectivity index (χ0n) is 20.0. The molecule has 0 fully saturated rings. The van der Waals surface area contributed by atoms with Gasteiger partial charge in [-0.1, -0.05) is 35.9 Å². The van der Waals surface area contributed by atoms with Crippen molar-refractivity contribution in [3.8, 4) is 5.75 Å². The molecule has 9 heteroatoms. The maximum atomic E-state index is 13.4. The summed E-state index contributed by atoms with van der Waals surface area (Å²) >= 11 is 6.11. The van der Waals surface area contributed by atoms with Gasteiger partial charge in [-0.3, -0.25) is 9.59 Å². The van der Waals surface area contributed by atoms with Gasteiger partial charge in [-0.2, -0.15) is 13.2 Å². The van der Waals surface area contributed by atoms with E-state index >= 15 is 0 Å². The summed E-state index contributed by atoms with van der Waals surface area (Å²) in [6.45, 7) is 1.67. The quantitative estimate of drug-likeness (QED) is 0.364. The zero-order valence-corrected chi connectivity index (χ0v) is 20.8.